The molecule has 0 aromatic heterocycles. The minimum Gasteiger partial charge on any atom is -0.494 e. The van der Waals surface area contributed by atoms with E-state index in [1.807, 2.05) is 55.5 Å². The fourth-order valence-electron chi connectivity index (χ4n) is 6.48. The van der Waals surface area contributed by atoms with Crippen molar-refractivity contribution in [3.05, 3.63) is 95.1 Å². The first-order valence-corrected chi connectivity index (χ1v) is 11.3. The third-order valence-electron chi connectivity index (χ3n) is 7.58. The Morgan fingerprint density at radius 3 is 2.00 bits per heavy atom. The molecule has 3 aromatic rings. The zero-order valence-electron chi connectivity index (χ0n) is 18.4. The molecule has 0 spiro atoms. The standard InChI is InChI=1S/C28H23NO4/c1-3-33-18-14-12-17(13-15-18)29-26(31)24-23-19-8-4-6-10-21(19)28(16(2)30,25(24)27(29)32)22-11-7-5-9-20(22)23/h4-15,23-25H,3H2,1-2H3. The summed E-state index contributed by atoms with van der Waals surface area (Å²) in [7, 11) is 0. The number of rotatable bonds is 4. The van der Waals surface area contributed by atoms with E-state index in [4.69, 9.17) is 4.74 Å². The van der Waals surface area contributed by atoms with Crippen molar-refractivity contribution in [1.29, 1.82) is 0 Å². The van der Waals surface area contributed by atoms with Crippen LogP contribution >= 0.6 is 0 Å². The quantitative estimate of drug-likeness (QED) is 0.573. The van der Waals surface area contributed by atoms with E-state index in [0.717, 1.165) is 22.3 Å². The Hall–Kier alpha value is -3.73. The van der Waals surface area contributed by atoms with E-state index in [0.29, 0.717) is 18.0 Å². The van der Waals surface area contributed by atoms with Crippen LogP contribution in [0.5, 0.6) is 5.75 Å². The lowest BCUT2D eigenvalue weighted by molar-refractivity contribution is -0.132. The maximum atomic E-state index is 14.0. The van der Waals surface area contributed by atoms with Gasteiger partial charge in [0.05, 0.1) is 29.5 Å². The van der Waals surface area contributed by atoms with Crippen molar-refractivity contribution in [3.8, 4) is 5.75 Å². The first-order chi connectivity index (χ1) is 16.0. The van der Waals surface area contributed by atoms with Crippen molar-refractivity contribution in [2.24, 2.45) is 11.8 Å². The third kappa shape index (κ3) is 2.34. The number of Topliss-reactive ketones (excluding diaryl/α,β-unsaturated/α-hetero) is 1. The Morgan fingerprint density at radius 2 is 1.45 bits per heavy atom. The van der Waals surface area contributed by atoms with Gasteiger partial charge in [-0.05, 0) is 60.4 Å². The molecule has 33 heavy (non-hydrogen) atoms. The van der Waals surface area contributed by atoms with Gasteiger partial charge in [-0.25, -0.2) is 4.90 Å². The topological polar surface area (TPSA) is 63.7 Å². The van der Waals surface area contributed by atoms with Crippen LogP contribution in [0, 0.1) is 11.8 Å². The highest BCUT2D eigenvalue weighted by Gasteiger charge is 2.69. The molecular formula is C28H23NO4. The molecule has 1 heterocycles. The number of carbonyl (C=O) groups excluding carboxylic acids is 3. The van der Waals surface area contributed by atoms with Crippen LogP contribution in [0.15, 0.2) is 72.8 Å². The molecule has 2 unspecified atom stereocenters. The fraction of sp³-hybridized carbons (Fsp3) is 0.250. The highest BCUT2D eigenvalue weighted by atomic mass is 16.5. The van der Waals surface area contributed by atoms with E-state index in [-0.39, 0.29) is 23.5 Å². The molecule has 7 rings (SSSR count). The van der Waals surface area contributed by atoms with Crippen LogP contribution in [0.3, 0.4) is 0 Å². The van der Waals surface area contributed by atoms with Gasteiger partial charge in [0.1, 0.15) is 11.5 Å². The molecule has 2 atom stereocenters. The van der Waals surface area contributed by atoms with Crippen molar-refractivity contribution in [3.63, 3.8) is 0 Å². The normalized spacial score (nSPS) is 26.6. The molecule has 0 radical (unpaired) electrons. The predicted octanol–water partition coefficient (Wildman–Crippen LogP) is 4.23. The molecule has 3 aromatic carbocycles. The number of carbonyl (C=O) groups is 3. The van der Waals surface area contributed by atoms with Crippen LogP contribution in [0.1, 0.15) is 42.0 Å². The van der Waals surface area contributed by atoms with Crippen molar-refractivity contribution in [2.45, 2.75) is 25.2 Å². The van der Waals surface area contributed by atoms with Crippen LogP contribution in [0.4, 0.5) is 5.69 Å². The van der Waals surface area contributed by atoms with E-state index in [2.05, 4.69) is 0 Å². The van der Waals surface area contributed by atoms with Crippen LogP contribution in [-0.4, -0.2) is 24.2 Å². The van der Waals surface area contributed by atoms with Gasteiger partial charge >= 0.3 is 0 Å². The summed E-state index contributed by atoms with van der Waals surface area (Å²) in [6.07, 6.45) is 0. The summed E-state index contributed by atoms with van der Waals surface area (Å²) in [6.45, 7) is 3.98. The molecule has 164 valence electrons. The molecule has 4 aliphatic rings. The number of anilines is 1. The van der Waals surface area contributed by atoms with Crippen molar-refractivity contribution in [1.82, 2.24) is 0 Å². The van der Waals surface area contributed by atoms with E-state index in [1.165, 1.54) is 4.90 Å². The maximum absolute atomic E-state index is 14.0. The number of imide groups is 1. The lowest BCUT2D eigenvalue weighted by Gasteiger charge is -2.52. The number of hydrogen-bond donors (Lipinski definition) is 0. The molecule has 1 aliphatic heterocycles. The summed E-state index contributed by atoms with van der Waals surface area (Å²) in [5.41, 5.74) is 3.01. The van der Waals surface area contributed by atoms with Crippen molar-refractivity contribution < 1.29 is 19.1 Å². The molecule has 2 bridgehead atoms. The summed E-state index contributed by atoms with van der Waals surface area (Å²) in [5, 5.41) is 0. The SMILES string of the molecule is CCOc1ccc(N2C(=O)C3C4c5ccccc5C(C(C)=O)(c5ccccc54)C3C2=O)cc1. The molecule has 3 aliphatic carbocycles. The zero-order chi connectivity index (χ0) is 22.9. The minimum absolute atomic E-state index is 0.106. The Morgan fingerprint density at radius 1 is 0.879 bits per heavy atom. The number of ether oxygens (including phenoxy) is 1. The second kappa shape index (κ2) is 6.88. The van der Waals surface area contributed by atoms with Gasteiger partial charge in [0.2, 0.25) is 11.8 Å². The number of benzene rings is 3. The number of ketones is 1. The monoisotopic (exact) mass is 437 g/mol. The number of hydrogen-bond acceptors (Lipinski definition) is 4. The lowest BCUT2D eigenvalue weighted by Crippen LogP contribution is -2.57. The summed E-state index contributed by atoms with van der Waals surface area (Å²) in [4.78, 5) is 42.7. The van der Waals surface area contributed by atoms with Gasteiger partial charge in [0.15, 0.2) is 0 Å². The van der Waals surface area contributed by atoms with Gasteiger partial charge in [-0.3, -0.25) is 14.4 Å². The van der Waals surface area contributed by atoms with Gasteiger partial charge in [-0.2, -0.15) is 0 Å². The minimum atomic E-state index is -1.17. The first-order valence-electron chi connectivity index (χ1n) is 11.3. The smallest absolute Gasteiger partial charge is 0.239 e. The number of nitrogens with zero attached hydrogens (tertiary/aromatic N) is 1. The first kappa shape index (κ1) is 19.9. The predicted molar refractivity (Wildman–Crippen MR) is 123 cm³/mol. The summed E-state index contributed by atoms with van der Waals surface area (Å²) in [5.74, 6) is -1.61. The summed E-state index contributed by atoms with van der Waals surface area (Å²) >= 11 is 0. The molecule has 0 N–H and O–H groups in total. The lowest BCUT2D eigenvalue weighted by atomic mass is 9.46. The highest BCUT2D eigenvalue weighted by Crippen LogP contribution is 2.64. The van der Waals surface area contributed by atoms with Crippen molar-refractivity contribution in [2.75, 3.05) is 11.5 Å². The van der Waals surface area contributed by atoms with Crippen LogP contribution in [0.25, 0.3) is 0 Å². The van der Waals surface area contributed by atoms with Crippen LogP contribution in [0.2, 0.25) is 0 Å². The second-order valence-electron chi connectivity index (χ2n) is 8.96. The van der Waals surface area contributed by atoms with E-state index >= 15 is 0 Å². The molecule has 1 saturated heterocycles. The molecule has 5 heteroatoms. The highest BCUT2D eigenvalue weighted by molar-refractivity contribution is 6.25. The number of amides is 2. The van der Waals surface area contributed by atoms with E-state index in [9.17, 15) is 14.4 Å². The van der Waals surface area contributed by atoms with Gasteiger partial charge < -0.3 is 4.74 Å². The largest absolute Gasteiger partial charge is 0.494 e. The van der Waals surface area contributed by atoms with Gasteiger partial charge in [0, 0.05) is 5.92 Å². The Labute approximate surface area is 192 Å². The van der Waals surface area contributed by atoms with Crippen molar-refractivity contribution >= 4 is 23.3 Å². The molecule has 2 amide bonds. The second-order valence-corrected chi connectivity index (χ2v) is 8.96. The Balaban J connectivity index is 1.58. The average molecular weight is 437 g/mol. The van der Waals surface area contributed by atoms with E-state index in [1.54, 1.807) is 31.2 Å². The Bertz CT molecular complexity index is 1280. The molecule has 5 nitrogen and oxygen atoms in total. The summed E-state index contributed by atoms with van der Waals surface area (Å²) in [6, 6.07) is 22.6. The average Bonchev–Trinajstić information content (AvgIpc) is 3.10. The zero-order valence-corrected chi connectivity index (χ0v) is 18.4. The maximum Gasteiger partial charge on any atom is 0.239 e. The molecule has 0 saturated carbocycles. The van der Waals surface area contributed by atoms with Crippen LogP contribution < -0.4 is 9.64 Å². The van der Waals surface area contributed by atoms with E-state index < -0.39 is 17.3 Å². The van der Waals surface area contributed by atoms with Crippen LogP contribution in [-0.2, 0) is 19.8 Å². The fourth-order valence-corrected chi connectivity index (χ4v) is 6.48. The molecule has 1 fully saturated rings. The van der Waals surface area contributed by atoms with Gasteiger partial charge in [-0.15, -0.1) is 0 Å². The van der Waals surface area contributed by atoms with Gasteiger partial charge in [0.25, 0.3) is 0 Å². The Kier molecular flexibility index (Phi) is 4.15. The molecular weight excluding hydrogens is 414 g/mol. The third-order valence-corrected chi connectivity index (χ3v) is 7.58. The van der Waals surface area contributed by atoms with Gasteiger partial charge in [-0.1, -0.05) is 48.5 Å². The summed E-state index contributed by atoms with van der Waals surface area (Å²) < 4.78 is 5.51.